The van der Waals surface area contributed by atoms with Crippen molar-refractivity contribution in [2.24, 2.45) is 5.92 Å². The summed E-state index contributed by atoms with van der Waals surface area (Å²) in [5, 5.41) is 12.4. The van der Waals surface area contributed by atoms with E-state index >= 15 is 0 Å². The maximum Gasteiger partial charge on any atom is 0.259 e. The molecule has 0 aromatic heterocycles. The second-order valence-corrected chi connectivity index (χ2v) is 5.67. The number of benzene rings is 1. The summed E-state index contributed by atoms with van der Waals surface area (Å²) in [6.07, 6.45) is 0. The van der Waals surface area contributed by atoms with Crippen LogP contribution in [-0.2, 0) is 4.79 Å². The van der Waals surface area contributed by atoms with Crippen LogP contribution < -0.4 is 10.1 Å². The lowest BCUT2D eigenvalue weighted by atomic mass is 9.90. The van der Waals surface area contributed by atoms with Gasteiger partial charge in [-0.15, -0.1) is 0 Å². The van der Waals surface area contributed by atoms with E-state index in [9.17, 15) is 4.79 Å². The zero-order valence-electron chi connectivity index (χ0n) is 11.5. The number of nitriles is 1. The first-order valence-electron chi connectivity index (χ1n) is 6.09. The number of nitrogens with zero attached hydrogens (tertiary/aromatic N) is 1. The van der Waals surface area contributed by atoms with Crippen molar-refractivity contribution in [2.45, 2.75) is 26.3 Å². The van der Waals surface area contributed by atoms with Crippen molar-refractivity contribution in [2.75, 3.05) is 6.61 Å². The third-order valence-corrected chi connectivity index (χ3v) is 3.65. The lowest BCUT2D eigenvalue weighted by Crippen LogP contribution is -2.50. The Hall–Kier alpha value is -1.44. The first kappa shape index (κ1) is 16.6. The molecule has 1 N–H and O–H groups in total. The summed E-state index contributed by atoms with van der Waals surface area (Å²) in [6, 6.07) is 7.01. The van der Waals surface area contributed by atoms with Crippen LogP contribution in [-0.4, -0.2) is 18.1 Å². The molecule has 1 atom stereocenters. The summed E-state index contributed by atoms with van der Waals surface area (Å²) in [5.74, 6) is -0.173. The lowest BCUT2D eigenvalue weighted by Gasteiger charge is -2.27. The van der Waals surface area contributed by atoms with Crippen molar-refractivity contribution in [3.8, 4) is 11.8 Å². The topological polar surface area (TPSA) is 62.1 Å². The third-order valence-electron chi connectivity index (χ3n) is 3.05. The van der Waals surface area contributed by atoms with Gasteiger partial charge in [-0.05, 0) is 25.0 Å². The van der Waals surface area contributed by atoms with Crippen LogP contribution in [0.1, 0.15) is 20.8 Å². The minimum absolute atomic E-state index is 0.0275. The Labute approximate surface area is 128 Å². The fourth-order valence-electron chi connectivity index (χ4n) is 1.39. The Balaban J connectivity index is 2.67. The van der Waals surface area contributed by atoms with Crippen molar-refractivity contribution in [3.63, 3.8) is 0 Å². The van der Waals surface area contributed by atoms with Crippen molar-refractivity contribution in [1.29, 1.82) is 5.26 Å². The molecule has 0 aliphatic heterocycles. The van der Waals surface area contributed by atoms with Crippen LogP contribution in [0.4, 0.5) is 0 Å². The smallest absolute Gasteiger partial charge is 0.259 e. The van der Waals surface area contributed by atoms with E-state index in [0.717, 1.165) is 0 Å². The molecule has 0 fully saturated rings. The first-order valence-corrected chi connectivity index (χ1v) is 6.85. The standard InChI is InChI=1S/C14H16Cl2N2O2/c1-9(2)14(3,8-17)18-12(19)7-20-13-10(15)5-4-6-11(13)16/h4-6,9H,7H2,1-3H3,(H,18,19)/t14-/m1/s1. The molecule has 0 spiro atoms. The predicted molar refractivity (Wildman–Crippen MR) is 79.0 cm³/mol. The van der Waals surface area contributed by atoms with Gasteiger partial charge in [0.05, 0.1) is 16.1 Å². The Morgan fingerprint density at radius 2 is 2.00 bits per heavy atom. The Morgan fingerprint density at radius 3 is 2.45 bits per heavy atom. The fraction of sp³-hybridized carbons (Fsp3) is 0.429. The normalized spacial score (nSPS) is 13.4. The number of hydrogen-bond acceptors (Lipinski definition) is 3. The molecule has 0 saturated carbocycles. The predicted octanol–water partition coefficient (Wildman–Crippen LogP) is 3.43. The summed E-state index contributed by atoms with van der Waals surface area (Å²) in [4.78, 5) is 11.8. The molecule has 4 nitrogen and oxygen atoms in total. The Morgan fingerprint density at radius 1 is 1.45 bits per heavy atom. The van der Waals surface area contributed by atoms with Gasteiger partial charge in [-0.1, -0.05) is 43.1 Å². The van der Waals surface area contributed by atoms with Gasteiger partial charge in [-0.3, -0.25) is 4.79 Å². The summed E-state index contributed by atoms with van der Waals surface area (Å²) in [6.45, 7) is 5.12. The molecule has 0 unspecified atom stereocenters. The molecule has 0 radical (unpaired) electrons. The largest absolute Gasteiger partial charge is 0.481 e. The molecular formula is C14H16Cl2N2O2. The van der Waals surface area contributed by atoms with E-state index < -0.39 is 11.4 Å². The average Bonchev–Trinajstić information content (AvgIpc) is 2.37. The second-order valence-electron chi connectivity index (χ2n) is 4.86. The summed E-state index contributed by atoms with van der Waals surface area (Å²) < 4.78 is 5.31. The SMILES string of the molecule is CC(C)[C@@](C)(C#N)NC(=O)COc1c(Cl)cccc1Cl. The van der Waals surface area contributed by atoms with E-state index in [1.54, 1.807) is 25.1 Å². The second kappa shape index (κ2) is 6.83. The molecule has 0 aliphatic carbocycles. The molecule has 20 heavy (non-hydrogen) atoms. The third kappa shape index (κ3) is 4.03. The van der Waals surface area contributed by atoms with Gasteiger partial charge in [-0.25, -0.2) is 0 Å². The van der Waals surface area contributed by atoms with E-state index in [-0.39, 0.29) is 18.3 Å². The number of nitrogens with one attached hydrogen (secondary N) is 1. The highest BCUT2D eigenvalue weighted by molar-refractivity contribution is 6.37. The van der Waals surface area contributed by atoms with Crippen LogP contribution >= 0.6 is 23.2 Å². The fourth-order valence-corrected chi connectivity index (χ4v) is 1.89. The zero-order valence-corrected chi connectivity index (χ0v) is 13.0. The number of carbonyl (C=O) groups excluding carboxylic acids is 1. The van der Waals surface area contributed by atoms with E-state index in [1.165, 1.54) is 0 Å². The van der Waals surface area contributed by atoms with Crippen molar-refractivity contribution in [3.05, 3.63) is 28.2 Å². The highest BCUT2D eigenvalue weighted by atomic mass is 35.5. The number of halogens is 2. The molecule has 1 aromatic carbocycles. The molecular weight excluding hydrogens is 299 g/mol. The molecule has 0 saturated heterocycles. The van der Waals surface area contributed by atoms with E-state index in [4.69, 9.17) is 33.2 Å². The number of ether oxygens (including phenoxy) is 1. The molecule has 1 aromatic rings. The van der Waals surface area contributed by atoms with E-state index in [1.807, 2.05) is 13.8 Å². The molecule has 1 amide bonds. The quantitative estimate of drug-likeness (QED) is 0.905. The number of amides is 1. The summed E-state index contributed by atoms with van der Waals surface area (Å²) in [5.41, 5.74) is -0.940. The van der Waals surface area contributed by atoms with Gasteiger partial charge in [0.1, 0.15) is 5.54 Å². The maximum atomic E-state index is 11.8. The zero-order chi connectivity index (χ0) is 15.3. The van der Waals surface area contributed by atoms with Gasteiger partial charge < -0.3 is 10.1 Å². The maximum absolute atomic E-state index is 11.8. The van der Waals surface area contributed by atoms with E-state index in [2.05, 4.69) is 11.4 Å². The average molecular weight is 315 g/mol. The number of hydrogen-bond donors (Lipinski definition) is 1. The van der Waals surface area contributed by atoms with Gasteiger partial charge in [0.15, 0.2) is 12.4 Å². The summed E-state index contributed by atoms with van der Waals surface area (Å²) in [7, 11) is 0. The minimum Gasteiger partial charge on any atom is -0.481 e. The molecule has 0 bridgehead atoms. The van der Waals surface area contributed by atoms with Crippen LogP contribution in [0.15, 0.2) is 18.2 Å². The van der Waals surface area contributed by atoms with Crippen molar-refractivity contribution >= 4 is 29.1 Å². The highest BCUT2D eigenvalue weighted by Crippen LogP contribution is 2.32. The highest BCUT2D eigenvalue weighted by Gasteiger charge is 2.30. The molecule has 0 aliphatic rings. The Kier molecular flexibility index (Phi) is 5.67. The number of rotatable bonds is 5. The van der Waals surface area contributed by atoms with E-state index in [0.29, 0.717) is 10.0 Å². The van der Waals surface area contributed by atoms with Crippen molar-refractivity contribution < 1.29 is 9.53 Å². The first-order chi connectivity index (χ1) is 9.30. The lowest BCUT2D eigenvalue weighted by molar-refractivity contribution is -0.124. The van der Waals surface area contributed by atoms with Gasteiger partial charge in [0, 0.05) is 0 Å². The molecule has 0 heterocycles. The number of carbonyl (C=O) groups is 1. The van der Waals surface area contributed by atoms with Gasteiger partial charge in [0.2, 0.25) is 0 Å². The minimum atomic E-state index is -0.940. The molecule has 1 rings (SSSR count). The molecule has 6 heteroatoms. The van der Waals surface area contributed by atoms with Gasteiger partial charge >= 0.3 is 0 Å². The van der Waals surface area contributed by atoms with Crippen molar-refractivity contribution in [1.82, 2.24) is 5.32 Å². The van der Waals surface area contributed by atoms with Gasteiger partial charge in [0.25, 0.3) is 5.91 Å². The molecule has 108 valence electrons. The van der Waals surface area contributed by atoms with Crippen LogP contribution in [0.3, 0.4) is 0 Å². The van der Waals surface area contributed by atoms with Crippen LogP contribution in [0.2, 0.25) is 10.0 Å². The van der Waals surface area contributed by atoms with Crippen LogP contribution in [0, 0.1) is 17.2 Å². The number of para-hydroxylation sites is 1. The van der Waals surface area contributed by atoms with Gasteiger partial charge in [-0.2, -0.15) is 5.26 Å². The van der Waals surface area contributed by atoms with Crippen LogP contribution in [0.5, 0.6) is 5.75 Å². The summed E-state index contributed by atoms with van der Waals surface area (Å²) >= 11 is 11.9. The van der Waals surface area contributed by atoms with Crippen LogP contribution in [0.25, 0.3) is 0 Å². The Bertz CT molecular complexity index is 520. The monoisotopic (exact) mass is 314 g/mol.